The number of nitrogens with zero attached hydrogens (tertiary/aromatic N) is 3. The molecule has 7 heteroatoms. The van der Waals surface area contributed by atoms with Crippen LogP contribution in [0.3, 0.4) is 0 Å². The smallest absolute Gasteiger partial charge is 0.435 e. The third-order valence-corrected chi connectivity index (χ3v) is 2.66. The number of hydrogen-bond donors (Lipinski definition) is 0. The summed E-state index contributed by atoms with van der Waals surface area (Å²) >= 11 is 0. The Bertz CT molecular complexity index is 656. The number of benzene rings is 1. The van der Waals surface area contributed by atoms with Gasteiger partial charge in [0.15, 0.2) is 5.69 Å². The molecule has 0 saturated carbocycles. The second-order valence-electron chi connectivity index (χ2n) is 4.04. The summed E-state index contributed by atoms with van der Waals surface area (Å²) in [6, 6.07) is 7.69. The van der Waals surface area contributed by atoms with E-state index in [0.29, 0.717) is 16.9 Å². The van der Waals surface area contributed by atoms with E-state index in [4.69, 9.17) is 10.00 Å². The number of rotatable bonds is 3. The van der Waals surface area contributed by atoms with E-state index in [9.17, 15) is 13.2 Å². The lowest BCUT2D eigenvalue weighted by Crippen LogP contribution is -2.08. The number of aromatic nitrogens is 2. The Balaban J connectivity index is 2.22. The van der Waals surface area contributed by atoms with Crippen molar-refractivity contribution in [3.8, 4) is 11.8 Å². The van der Waals surface area contributed by atoms with Crippen LogP contribution in [0.1, 0.15) is 16.8 Å². The zero-order valence-corrected chi connectivity index (χ0v) is 10.5. The van der Waals surface area contributed by atoms with Gasteiger partial charge in [0.05, 0.1) is 19.2 Å². The molecule has 4 nitrogen and oxygen atoms in total. The molecule has 1 aromatic heterocycles. The molecule has 20 heavy (non-hydrogen) atoms. The fourth-order valence-corrected chi connectivity index (χ4v) is 1.71. The second-order valence-corrected chi connectivity index (χ2v) is 4.04. The minimum Gasteiger partial charge on any atom is -0.495 e. The summed E-state index contributed by atoms with van der Waals surface area (Å²) in [5, 5.41) is 12.3. The van der Waals surface area contributed by atoms with Gasteiger partial charge in [0.1, 0.15) is 11.8 Å². The Labute approximate surface area is 113 Å². The van der Waals surface area contributed by atoms with Gasteiger partial charge < -0.3 is 4.74 Å². The normalized spacial score (nSPS) is 11.2. The van der Waals surface area contributed by atoms with Gasteiger partial charge in [0.2, 0.25) is 0 Å². The molecular formula is C13H10F3N3O. The van der Waals surface area contributed by atoms with Crippen molar-refractivity contribution in [2.24, 2.45) is 0 Å². The number of nitriles is 1. The molecule has 0 aliphatic rings. The van der Waals surface area contributed by atoms with E-state index in [1.54, 1.807) is 18.2 Å². The Hall–Kier alpha value is -2.49. The molecule has 0 saturated heterocycles. The summed E-state index contributed by atoms with van der Waals surface area (Å²) in [6.45, 7) is 0.165. The highest BCUT2D eigenvalue weighted by Crippen LogP contribution is 2.27. The molecule has 0 radical (unpaired) electrons. The second kappa shape index (κ2) is 5.25. The van der Waals surface area contributed by atoms with Crippen LogP contribution in [0, 0.1) is 11.3 Å². The monoisotopic (exact) mass is 281 g/mol. The first-order valence-corrected chi connectivity index (χ1v) is 5.61. The SMILES string of the molecule is COc1cc(Cn2ccc(C(F)(F)F)n2)ccc1C#N. The van der Waals surface area contributed by atoms with Crippen LogP contribution in [0.15, 0.2) is 30.5 Å². The summed E-state index contributed by atoms with van der Waals surface area (Å²) in [5.74, 6) is 0.383. The van der Waals surface area contributed by atoms with Crippen molar-refractivity contribution in [3.63, 3.8) is 0 Å². The molecule has 0 N–H and O–H groups in total. The zero-order valence-electron chi connectivity index (χ0n) is 10.5. The topological polar surface area (TPSA) is 50.8 Å². The summed E-state index contributed by atoms with van der Waals surface area (Å²) in [4.78, 5) is 0. The molecule has 0 spiro atoms. The van der Waals surface area contributed by atoms with Gasteiger partial charge in [0.25, 0.3) is 0 Å². The highest BCUT2D eigenvalue weighted by molar-refractivity contribution is 5.45. The number of methoxy groups -OCH3 is 1. The first kappa shape index (κ1) is 13.9. The summed E-state index contributed by atoms with van der Waals surface area (Å²) in [6.07, 6.45) is -3.19. The van der Waals surface area contributed by atoms with Crippen molar-refractivity contribution >= 4 is 0 Å². The molecule has 2 rings (SSSR count). The van der Waals surface area contributed by atoms with E-state index in [1.165, 1.54) is 18.0 Å². The molecule has 0 fully saturated rings. The third kappa shape index (κ3) is 2.91. The molecule has 0 aliphatic carbocycles. The minimum atomic E-state index is -4.45. The van der Waals surface area contributed by atoms with E-state index < -0.39 is 11.9 Å². The van der Waals surface area contributed by atoms with Crippen molar-refractivity contribution in [2.45, 2.75) is 12.7 Å². The summed E-state index contributed by atoms with van der Waals surface area (Å²) < 4.78 is 43.5. The number of alkyl halides is 3. The minimum absolute atomic E-state index is 0.165. The lowest BCUT2D eigenvalue weighted by atomic mass is 10.1. The van der Waals surface area contributed by atoms with Gasteiger partial charge in [-0.05, 0) is 23.8 Å². The van der Waals surface area contributed by atoms with Crippen molar-refractivity contribution in [2.75, 3.05) is 7.11 Å². The number of hydrogen-bond acceptors (Lipinski definition) is 3. The molecule has 2 aromatic rings. The molecule has 0 aliphatic heterocycles. The fraction of sp³-hybridized carbons (Fsp3) is 0.231. The van der Waals surface area contributed by atoms with E-state index in [0.717, 1.165) is 6.07 Å². The zero-order chi connectivity index (χ0) is 14.8. The molecule has 1 aromatic carbocycles. The van der Waals surface area contributed by atoms with Crippen LogP contribution in [0.25, 0.3) is 0 Å². The van der Waals surface area contributed by atoms with Gasteiger partial charge in [-0.1, -0.05) is 6.07 Å². The first-order chi connectivity index (χ1) is 9.44. The van der Waals surface area contributed by atoms with Gasteiger partial charge in [-0.2, -0.15) is 23.5 Å². The van der Waals surface area contributed by atoms with Gasteiger partial charge >= 0.3 is 6.18 Å². The van der Waals surface area contributed by atoms with Crippen LogP contribution in [0.4, 0.5) is 13.2 Å². The van der Waals surface area contributed by atoms with E-state index in [-0.39, 0.29) is 6.54 Å². The average Bonchev–Trinajstić information content (AvgIpc) is 2.87. The predicted molar refractivity (Wildman–Crippen MR) is 64.0 cm³/mol. The maximum atomic E-state index is 12.4. The molecule has 104 valence electrons. The molecule has 0 amide bonds. The Kier molecular flexibility index (Phi) is 3.66. The van der Waals surface area contributed by atoms with Crippen molar-refractivity contribution in [3.05, 3.63) is 47.3 Å². The average molecular weight is 281 g/mol. The Morgan fingerprint density at radius 1 is 1.35 bits per heavy atom. The van der Waals surface area contributed by atoms with E-state index in [2.05, 4.69) is 5.10 Å². The van der Waals surface area contributed by atoms with E-state index in [1.807, 2.05) is 6.07 Å². The third-order valence-electron chi connectivity index (χ3n) is 2.66. The predicted octanol–water partition coefficient (Wildman–Crippen LogP) is 2.83. The molecular weight excluding hydrogens is 271 g/mol. The summed E-state index contributed by atoms with van der Waals surface area (Å²) in [7, 11) is 1.43. The quantitative estimate of drug-likeness (QED) is 0.869. The maximum absolute atomic E-state index is 12.4. The summed E-state index contributed by atoms with van der Waals surface area (Å²) in [5.41, 5.74) is 0.128. The van der Waals surface area contributed by atoms with Gasteiger partial charge in [-0.15, -0.1) is 0 Å². The number of ether oxygens (including phenoxy) is 1. The molecule has 1 heterocycles. The van der Waals surface area contributed by atoms with Crippen molar-refractivity contribution in [1.29, 1.82) is 5.26 Å². The van der Waals surface area contributed by atoms with Crippen molar-refractivity contribution < 1.29 is 17.9 Å². The Morgan fingerprint density at radius 3 is 2.65 bits per heavy atom. The molecule has 0 bridgehead atoms. The van der Waals surface area contributed by atoms with Crippen molar-refractivity contribution in [1.82, 2.24) is 9.78 Å². The fourth-order valence-electron chi connectivity index (χ4n) is 1.71. The van der Waals surface area contributed by atoms with Gasteiger partial charge in [-0.25, -0.2) is 0 Å². The largest absolute Gasteiger partial charge is 0.495 e. The van der Waals surface area contributed by atoms with Crippen LogP contribution >= 0.6 is 0 Å². The first-order valence-electron chi connectivity index (χ1n) is 5.61. The van der Waals surface area contributed by atoms with Crippen LogP contribution < -0.4 is 4.74 Å². The van der Waals surface area contributed by atoms with Crippen LogP contribution in [-0.4, -0.2) is 16.9 Å². The molecule has 0 unspecified atom stereocenters. The maximum Gasteiger partial charge on any atom is 0.435 e. The number of halogens is 3. The standard InChI is InChI=1S/C13H10F3N3O/c1-20-11-6-9(2-3-10(11)7-17)8-19-5-4-12(18-19)13(14,15)16/h2-6H,8H2,1H3. The van der Waals surface area contributed by atoms with E-state index >= 15 is 0 Å². The lowest BCUT2D eigenvalue weighted by Gasteiger charge is -2.07. The van der Waals surface area contributed by atoms with Crippen LogP contribution in [-0.2, 0) is 12.7 Å². The van der Waals surface area contributed by atoms with Gasteiger partial charge in [0, 0.05) is 6.20 Å². The Morgan fingerprint density at radius 2 is 2.10 bits per heavy atom. The molecule has 0 atom stereocenters. The lowest BCUT2D eigenvalue weighted by molar-refractivity contribution is -0.141. The van der Waals surface area contributed by atoms with Crippen LogP contribution in [0.2, 0.25) is 0 Å². The highest BCUT2D eigenvalue weighted by atomic mass is 19.4. The van der Waals surface area contributed by atoms with Gasteiger partial charge in [-0.3, -0.25) is 4.68 Å². The highest BCUT2D eigenvalue weighted by Gasteiger charge is 2.33. The van der Waals surface area contributed by atoms with Crippen LogP contribution in [0.5, 0.6) is 5.75 Å².